The van der Waals surface area contributed by atoms with Crippen LogP contribution in [0.5, 0.6) is 0 Å². The third-order valence-electron chi connectivity index (χ3n) is 1.27. The molecule has 0 unspecified atom stereocenters. The number of hydrogen-bond acceptors (Lipinski definition) is 2. The van der Waals surface area contributed by atoms with Crippen molar-refractivity contribution in [2.24, 2.45) is 0 Å². The second-order valence-electron chi connectivity index (χ2n) is 2.21. The van der Waals surface area contributed by atoms with E-state index in [0.717, 1.165) is 18.9 Å². The summed E-state index contributed by atoms with van der Waals surface area (Å²) in [6.45, 7) is 8.05. The third kappa shape index (κ3) is 4.91. The molecule has 1 rings (SSSR count). The van der Waals surface area contributed by atoms with Crippen molar-refractivity contribution in [3.63, 3.8) is 0 Å². The summed E-state index contributed by atoms with van der Waals surface area (Å²) in [7, 11) is 0. The van der Waals surface area contributed by atoms with E-state index in [4.69, 9.17) is 0 Å². The first-order valence-corrected chi connectivity index (χ1v) is 4.62. The molecule has 0 aliphatic carbocycles. The summed E-state index contributed by atoms with van der Waals surface area (Å²) < 4.78 is 0. The third-order valence-corrected chi connectivity index (χ3v) is 1.27. The molecule has 0 saturated heterocycles. The second-order valence-corrected chi connectivity index (χ2v) is 2.21. The Morgan fingerprint density at radius 3 is 2.75 bits per heavy atom. The molecule has 0 spiro atoms. The lowest BCUT2D eigenvalue weighted by Gasteiger charge is -1.97. The standard InChI is InChI=1S/C7H13N3.C2H6/c1-2-3-8-6-7-9-4-5-10-7;1-2/h4-5,8H,2-3,6H2,1H3,(H,9,10);1-2H3. The van der Waals surface area contributed by atoms with Gasteiger partial charge in [0.1, 0.15) is 5.82 Å². The molecule has 1 aromatic heterocycles. The Kier molecular flexibility index (Phi) is 7.70. The van der Waals surface area contributed by atoms with E-state index in [1.54, 1.807) is 6.20 Å². The molecule has 12 heavy (non-hydrogen) atoms. The molecule has 0 aromatic carbocycles. The molecular weight excluding hydrogens is 150 g/mol. The van der Waals surface area contributed by atoms with Crippen LogP contribution in [-0.4, -0.2) is 16.5 Å². The summed E-state index contributed by atoms with van der Waals surface area (Å²) in [5.41, 5.74) is 0. The molecule has 0 radical (unpaired) electrons. The number of aromatic amines is 1. The van der Waals surface area contributed by atoms with Crippen LogP contribution in [0.25, 0.3) is 0 Å². The minimum atomic E-state index is 0.848. The van der Waals surface area contributed by atoms with Crippen LogP contribution >= 0.6 is 0 Å². The van der Waals surface area contributed by atoms with E-state index in [-0.39, 0.29) is 0 Å². The maximum absolute atomic E-state index is 4.07. The van der Waals surface area contributed by atoms with Gasteiger partial charge in [-0.15, -0.1) is 0 Å². The van der Waals surface area contributed by atoms with E-state index in [1.807, 2.05) is 20.0 Å². The Balaban J connectivity index is 0.000000561. The van der Waals surface area contributed by atoms with Gasteiger partial charge in [0.2, 0.25) is 0 Å². The largest absolute Gasteiger partial charge is 0.348 e. The zero-order valence-electron chi connectivity index (χ0n) is 8.22. The molecule has 0 bridgehead atoms. The van der Waals surface area contributed by atoms with Crippen LogP contribution in [0.3, 0.4) is 0 Å². The molecule has 0 aliphatic rings. The van der Waals surface area contributed by atoms with Crippen molar-refractivity contribution >= 4 is 0 Å². The molecule has 3 nitrogen and oxygen atoms in total. The summed E-state index contributed by atoms with van der Waals surface area (Å²) >= 11 is 0. The van der Waals surface area contributed by atoms with Crippen molar-refractivity contribution in [1.29, 1.82) is 0 Å². The smallest absolute Gasteiger partial charge is 0.120 e. The Labute approximate surface area is 74.6 Å². The van der Waals surface area contributed by atoms with Crippen LogP contribution in [0, 0.1) is 0 Å². The van der Waals surface area contributed by atoms with Gasteiger partial charge in [-0.25, -0.2) is 4.98 Å². The SMILES string of the molecule is CC.CCCNCc1ncc[nH]1. The maximum Gasteiger partial charge on any atom is 0.120 e. The zero-order chi connectivity index (χ0) is 9.23. The predicted molar refractivity (Wildman–Crippen MR) is 51.9 cm³/mol. The second kappa shape index (κ2) is 8.27. The van der Waals surface area contributed by atoms with E-state index >= 15 is 0 Å². The van der Waals surface area contributed by atoms with E-state index in [0.29, 0.717) is 0 Å². The van der Waals surface area contributed by atoms with E-state index in [9.17, 15) is 0 Å². The highest BCUT2D eigenvalue weighted by Gasteiger charge is 1.90. The van der Waals surface area contributed by atoms with Crippen LogP contribution < -0.4 is 5.32 Å². The van der Waals surface area contributed by atoms with Crippen LogP contribution in [0.2, 0.25) is 0 Å². The Bertz CT molecular complexity index is 158. The van der Waals surface area contributed by atoms with Gasteiger partial charge < -0.3 is 10.3 Å². The number of H-pyrrole nitrogens is 1. The molecule has 1 aromatic rings. The minimum absolute atomic E-state index is 0.848. The Morgan fingerprint density at radius 2 is 2.25 bits per heavy atom. The molecule has 0 saturated carbocycles. The maximum atomic E-state index is 4.07. The summed E-state index contributed by atoms with van der Waals surface area (Å²) in [4.78, 5) is 7.09. The van der Waals surface area contributed by atoms with Crippen molar-refractivity contribution < 1.29 is 0 Å². The average Bonchev–Trinajstić information content (AvgIpc) is 2.61. The Hall–Kier alpha value is -0.830. The van der Waals surface area contributed by atoms with Crippen molar-refractivity contribution in [2.75, 3.05) is 6.54 Å². The highest BCUT2D eigenvalue weighted by atomic mass is 15.0. The first kappa shape index (κ1) is 11.2. The first-order chi connectivity index (χ1) is 5.93. The number of nitrogens with one attached hydrogen (secondary N) is 2. The Morgan fingerprint density at radius 1 is 1.50 bits per heavy atom. The van der Waals surface area contributed by atoms with Gasteiger partial charge in [-0.1, -0.05) is 20.8 Å². The van der Waals surface area contributed by atoms with Crippen LogP contribution in [0.15, 0.2) is 12.4 Å². The predicted octanol–water partition coefficient (Wildman–Crippen LogP) is 1.94. The lowest BCUT2D eigenvalue weighted by atomic mass is 10.5. The molecule has 0 fully saturated rings. The van der Waals surface area contributed by atoms with Gasteiger partial charge in [-0.2, -0.15) is 0 Å². The quantitative estimate of drug-likeness (QED) is 0.676. The monoisotopic (exact) mass is 169 g/mol. The molecule has 0 atom stereocenters. The van der Waals surface area contributed by atoms with Crippen molar-refractivity contribution in [2.45, 2.75) is 33.7 Å². The van der Waals surface area contributed by atoms with Gasteiger partial charge in [-0.3, -0.25) is 0 Å². The average molecular weight is 169 g/mol. The topological polar surface area (TPSA) is 40.7 Å². The van der Waals surface area contributed by atoms with Gasteiger partial charge >= 0.3 is 0 Å². The minimum Gasteiger partial charge on any atom is -0.348 e. The lowest BCUT2D eigenvalue weighted by molar-refractivity contribution is 0.655. The zero-order valence-corrected chi connectivity index (χ0v) is 8.22. The van der Waals surface area contributed by atoms with Gasteiger partial charge in [0.25, 0.3) is 0 Å². The van der Waals surface area contributed by atoms with Crippen LogP contribution in [0.1, 0.15) is 33.0 Å². The number of nitrogens with zero attached hydrogens (tertiary/aromatic N) is 1. The fourth-order valence-corrected chi connectivity index (χ4v) is 0.778. The van der Waals surface area contributed by atoms with Crippen LogP contribution in [-0.2, 0) is 6.54 Å². The van der Waals surface area contributed by atoms with Gasteiger partial charge in [0.05, 0.1) is 6.54 Å². The van der Waals surface area contributed by atoms with E-state index in [1.165, 1.54) is 6.42 Å². The van der Waals surface area contributed by atoms with Gasteiger partial charge in [0.15, 0.2) is 0 Å². The number of imidazole rings is 1. The van der Waals surface area contributed by atoms with Crippen molar-refractivity contribution in [1.82, 2.24) is 15.3 Å². The van der Waals surface area contributed by atoms with Gasteiger partial charge in [0, 0.05) is 12.4 Å². The molecule has 1 heterocycles. The summed E-state index contributed by atoms with van der Waals surface area (Å²) in [6.07, 6.45) is 4.77. The normalized spacial score (nSPS) is 8.92. The molecule has 3 heteroatoms. The highest BCUT2D eigenvalue weighted by molar-refractivity contribution is 4.85. The fourth-order valence-electron chi connectivity index (χ4n) is 0.778. The number of aromatic nitrogens is 2. The molecule has 0 amide bonds. The van der Waals surface area contributed by atoms with E-state index in [2.05, 4.69) is 22.2 Å². The van der Waals surface area contributed by atoms with Crippen molar-refractivity contribution in [3.8, 4) is 0 Å². The molecule has 2 N–H and O–H groups in total. The fraction of sp³-hybridized carbons (Fsp3) is 0.667. The number of rotatable bonds is 4. The molecule has 70 valence electrons. The summed E-state index contributed by atoms with van der Waals surface area (Å²) in [6, 6.07) is 0. The summed E-state index contributed by atoms with van der Waals surface area (Å²) in [5.74, 6) is 1.01. The van der Waals surface area contributed by atoms with Gasteiger partial charge in [-0.05, 0) is 13.0 Å². The van der Waals surface area contributed by atoms with Crippen molar-refractivity contribution in [3.05, 3.63) is 18.2 Å². The lowest BCUT2D eigenvalue weighted by Crippen LogP contribution is -2.14. The van der Waals surface area contributed by atoms with Crippen LogP contribution in [0.4, 0.5) is 0 Å². The summed E-state index contributed by atoms with van der Waals surface area (Å²) in [5, 5.41) is 3.24. The number of hydrogen-bond donors (Lipinski definition) is 2. The highest BCUT2D eigenvalue weighted by Crippen LogP contribution is 1.85. The molecular formula is C9H19N3. The first-order valence-electron chi connectivity index (χ1n) is 4.62. The molecule has 0 aliphatic heterocycles. The van der Waals surface area contributed by atoms with E-state index < -0.39 is 0 Å².